The molecule has 0 radical (unpaired) electrons. The minimum absolute atomic E-state index is 0.00457. The molecular formula is C23H22FN3O2S. The van der Waals surface area contributed by atoms with E-state index in [1.54, 1.807) is 29.5 Å². The van der Waals surface area contributed by atoms with Crippen molar-refractivity contribution in [2.75, 3.05) is 24.5 Å². The topological polar surface area (TPSA) is 53.5 Å². The summed E-state index contributed by atoms with van der Waals surface area (Å²) in [5.74, 6) is -0.661. The molecule has 7 heteroatoms. The molecule has 30 heavy (non-hydrogen) atoms. The van der Waals surface area contributed by atoms with Crippen molar-refractivity contribution in [1.29, 1.82) is 0 Å². The van der Waals surface area contributed by atoms with Crippen LogP contribution >= 0.6 is 11.3 Å². The molecule has 2 saturated heterocycles. The normalized spacial score (nSPS) is 20.3. The molecule has 2 aliphatic rings. The van der Waals surface area contributed by atoms with Crippen LogP contribution < -0.4 is 4.90 Å². The number of thiazole rings is 1. The molecule has 2 amide bonds. The highest BCUT2D eigenvalue weighted by molar-refractivity contribution is 7.18. The molecule has 1 unspecified atom stereocenters. The second-order valence-corrected chi connectivity index (χ2v) is 9.04. The van der Waals surface area contributed by atoms with Crippen molar-refractivity contribution in [3.63, 3.8) is 0 Å². The quantitative estimate of drug-likeness (QED) is 0.635. The number of likely N-dealkylation sites (tertiary alicyclic amines) is 1. The number of nitrogens with zero attached hydrogens (tertiary/aromatic N) is 3. The number of hydrogen-bond acceptors (Lipinski definition) is 4. The molecule has 5 rings (SSSR count). The molecule has 0 saturated carbocycles. The Morgan fingerprint density at radius 2 is 1.80 bits per heavy atom. The van der Waals surface area contributed by atoms with Gasteiger partial charge in [0.05, 0.1) is 26.8 Å². The van der Waals surface area contributed by atoms with E-state index in [1.165, 1.54) is 15.7 Å². The Kier molecular flexibility index (Phi) is 4.98. The van der Waals surface area contributed by atoms with Crippen LogP contribution in [-0.4, -0.2) is 41.3 Å². The molecule has 0 aliphatic carbocycles. The van der Waals surface area contributed by atoms with Crippen LogP contribution in [0.4, 0.5) is 10.1 Å². The van der Waals surface area contributed by atoms with Gasteiger partial charge in [-0.3, -0.25) is 9.59 Å². The number of amides is 2. The standard InChI is InChI=1S/C23H22FN3O2S/c24-17-5-1-3-7-19(17)27-14-16(13-21(27)28)23(29)26-11-9-15(10-12-26)22-25-18-6-2-4-8-20(18)30-22/h1-8,15-16H,9-14H2. The van der Waals surface area contributed by atoms with Gasteiger partial charge in [-0.2, -0.15) is 0 Å². The van der Waals surface area contributed by atoms with Crippen LogP contribution in [0.2, 0.25) is 0 Å². The number of benzene rings is 2. The van der Waals surface area contributed by atoms with Crippen LogP contribution in [0.25, 0.3) is 10.2 Å². The summed E-state index contributed by atoms with van der Waals surface area (Å²) in [5.41, 5.74) is 1.29. The first kappa shape index (κ1) is 19.2. The Hall–Kier alpha value is -2.80. The Bertz CT molecular complexity index is 1070. The van der Waals surface area contributed by atoms with Gasteiger partial charge in [0.25, 0.3) is 0 Å². The summed E-state index contributed by atoms with van der Waals surface area (Å²) in [6.45, 7) is 1.59. The molecule has 0 spiro atoms. The van der Waals surface area contributed by atoms with Crippen LogP contribution in [0.3, 0.4) is 0 Å². The first-order chi connectivity index (χ1) is 14.6. The number of piperidine rings is 1. The maximum atomic E-state index is 14.1. The first-order valence-corrected chi connectivity index (χ1v) is 11.1. The lowest BCUT2D eigenvalue weighted by Crippen LogP contribution is -2.42. The fraction of sp³-hybridized carbons (Fsp3) is 0.348. The van der Waals surface area contributed by atoms with Gasteiger partial charge in [-0.15, -0.1) is 11.3 Å². The maximum absolute atomic E-state index is 14.1. The number of aromatic nitrogens is 1. The van der Waals surface area contributed by atoms with Gasteiger partial charge in [0.15, 0.2) is 0 Å². The fourth-order valence-electron chi connectivity index (χ4n) is 4.45. The van der Waals surface area contributed by atoms with Crippen molar-refractivity contribution in [2.45, 2.75) is 25.2 Å². The largest absolute Gasteiger partial charge is 0.342 e. The maximum Gasteiger partial charge on any atom is 0.228 e. The van der Waals surface area contributed by atoms with Gasteiger partial charge in [0.1, 0.15) is 5.82 Å². The molecule has 3 heterocycles. The predicted octanol–water partition coefficient (Wildman–Crippen LogP) is 4.19. The van der Waals surface area contributed by atoms with Crippen molar-refractivity contribution in [3.8, 4) is 0 Å². The zero-order chi connectivity index (χ0) is 20.7. The van der Waals surface area contributed by atoms with Gasteiger partial charge < -0.3 is 9.80 Å². The van der Waals surface area contributed by atoms with Crippen molar-refractivity contribution >= 4 is 39.1 Å². The van der Waals surface area contributed by atoms with E-state index in [2.05, 4.69) is 6.07 Å². The van der Waals surface area contributed by atoms with Gasteiger partial charge in [-0.05, 0) is 37.1 Å². The summed E-state index contributed by atoms with van der Waals surface area (Å²) in [6.07, 6.45) is 1.90. The molecule has 0 bridgehead atoms. The molecule has 2 fully saturated rings. The van der Waals surface area contributed by atoms with Crippen molar-refractivity contribution in [1.82, 2.24) is 9.88 Å². The highest BCUT2D eigenvalue weighted by Gasteiger charge is 2.39. The van der Waals surface area contributed by atoms with Crippen LogP contribution in [-0.2, 0) is 9.59 Å². The number of anilines is 1. The van der Waals surface area contributed by atoms with E-state index >= 15 is 0 Å². The number of carbonyl (C=O) groups excluding carboxylic acids is 2. The fourth-order valence-corrected chi connectivity index (χ4v) is 5.58. The van der Waals surface area contributed by atoms with E-state index < -0.39 is 11.7 Å². The third-order valence-electron chi connectivity index (χ3n) is 6.08. The second-order valence-electron chi connectivity index (χ2n) is 7.98. The van der Waals surface area contributed by atoms with E-state index in [9.17, 15) is 14.0 Å². The van der Waals surface area contributed by atoms with Crippen molar-refractivity contribution < 1.29 is 14.0 Å². The SMILES string of the molecule is O=C(C1CC(=O)N(c2ccccc2F)C1)N1CCC(c2nc3ccccc3s2)CC1. The average Bonchev–Trinajstić information content (AvgIpc) is 3.37. The molecule has 2 aromatic carbocycles. The minimum atomic E-state index is -0.435. The number of carbonyl (C=O) groups is 2. The molecule has 1 aromatic heterocycles. The lowest BCUT2D eigenvalue weighted by atomic mass is 9.96. The highest BCUT2D eigenvalue weighted by Crippen LogP contribution is 2.35. The average molecular weight is 424 g/mol. The number of halogens is 1. The monoisotopic (exact) mass is 423 g/mol. The molecule has 5 nitrogen and oxygen atoms in total. The van der Waals surface area contributed by atoms with Crippen molar-refractivity contribution in [2.24, 2.45) is 5.92 Å². The Morgan fingerprint density at radius 3 is 2.57 bits per heavy atom. The second kappa shape index (κ2) is 7.80. The van der Waals surface area contributed by atoms with E-state index in [4.69, 9.17) is 4.98 Å². The lowest BCUT2D eigenvalue weighted by molar-refractivity contribution is -0.136. The Balaban J connectivity index is 1.23. The number of hydrogen-bond donors (Lipinski definition) is 0. The lowest BCUT2D eigenvalue weighted by Gasteiger charge is -2.32. The summed E-state index contributed by atoms with van der Waals surface area (Å²) in [4.78, 5) is 33.5. The van der Waals surface area contributed by atoms with Gasteiger partial charge >= 0.3 is 0 Å². The molecule has 3 aromatic rings. The Labute approximate surface area is 178 Å². The molecular weight excluding hydrogens is 401 g/mol. The summed E-state index contributed by atoms with van der Waals surface area (Å²) in [6, 6.07) is 14.4. The van der Waals surface area contributed by atoms with Crippen LogP contribution in [0, 0.1) is 11.7 Å². The van der Waals surface area contributed by atoms with Gasteiger partial charge in [-0.25, -0.2) is 9.37 Å². The summed E-state index contributed by atoms with van der Waals surface area (Å²) >= 11 is 1.74. The smallest absolute Gasteiger partial charge is 0.228 e. The molecule has 154 valence electrons. The van der Waals surface area contributed by atoms with Crippen LogP contribution in [0.1, 0.15) is 30.2 Å². The van der Waals surface area contributed by atoms with Gasteiger partial charge in [-0.1, -0.05) is 24.3 Å². The number of fused-ring (bicyclic) bond motifs is 1. The summed E-state index contributed by atoms with van der Waals surface area (Å²) < 4.78 is 15.3. The van der Waals surface area contributed by atoms with Crippen LogP contribution in [0.15, 0.2) is 48.5 Å². The van der Waals surface area contributed by atoms with E-state index in [-0.39, 0.29) is 30.5 Å². The number of para-hydroxylation sites is 2. The molecule has 2 aliphatic heterocycles. The third-order valence-corrected chi connectivity index (χ3v) is 7.28. The van der Waals surface area contributed by atoms with E-state index in [0.717, 1.165) is 23.4 Å². The van der Waals surface area contributed by atoms with Crippen molar-refractivity contribution in [3.05, 3.63) is 59.4 Å². The summed E-state index contributed by atoms with van der Waals surface area (Å²) in [5, 5.41) is 1.14. The highest BCUT2D eigenvalue weighted by atomic mass is 32.1. The van der Waals surface area contributed by atoms with E-state index in [1.807, 2.05) is 23.1 Å². The van der Waals surface area contributed by atoms with Gasteiger partial charge in [0, 0.05) is 32.0 Å². The summed E-state index contributed by atoms with van der Waals surface area (Å²) in [7, 11) is 0. The predicted molar refractivity (Wildman–Crippen MR) is 115 cm³/mol. The minimum Gasteiger partial charge on any atom is -0.342 e. The molecule has 1 atom stereocenters. The molecule has 0 N–H and O–H groups in total. The zero-order valence-electron chi connectivity index (χ0n) is 16.5. The third kappa shape index (κ3) is 3.47. The first-order valence-electron chi connectivity index (χ1n) is 10.3. The Morgan fingerprint density at radius 1 is 1.07 bits per heavy atom. The zero-order valence-corrected chi connectivity index (χ0v) is 17.3. The van der Waals surface area contributed by atoms with Gasteiger partial charge in [0.2, 0.25) is 11.8 Å². The number of rotatable bonds is 3. The van der Waals surface area contributed by atoms with Crippen LogP contribution in [0.5, 0.6) is 0 Å². The van der Waals surface area contributed by atoms with E-state index in [0.29, 0.717) is 19.0 Å².